The average Bonchev–Trinajstić information content (AvgIpc) is 3.06. The summed E-state index contributed by atoms with van der Waals surface area (Å²) < 4.78 is 7.60. The molecule has 4 aromatic rings. The van der Waals surface area contributed by atoms with E-state index in [1.165, 1.54) is 0 Å². The molecule has 3 aromatic carbocycles. The van der Waals surface area contributed by atoms with Crippen LogP contribution < -0.4 is 4.74 Å². The zero-order chi connectivity index (χ0) is 18.8. The normalized spacial score (nSPS) is 11.3. The van der Waals surface area contributed by atoms with Crippen LogP contribution in [-0.4, -0.2) is 28.2 Å². The van der Waals surface area contributed by atoms with Crippen molar-refractivity contribution in [3.63, 3.8) is 0 Å². The third kappa shape index (κ3) is 3.27. The van der Waals surface area contributed by atoms with Crippen molar-refractivity contribution in [3.8, 4) is 17.1 Å². The van der Waals surface area contributed by atoms with Crippen molar-refractivity contribution in [3.05, 3.63) is 76.6 Å². The Kier molecular flexibility index (Phi) is 4.56. The number of nitrogens with one attached hydrogen (secondary N) is 1. The molecule has 0 fully saturated rings. The number of rotatable bonds is 4. The number of aromatic amines is 1. The van der Waals surface area contributed by atoms with E-state index in [-0.39, 0.29) is 0 Å². The lowest BCUT2D eigenvalue weighted by molar-refractivity contribution is 0.415. The fourth-order valence-electron chi connectivity index (χ4n) is 3.07. The van der Waals surface area contributed by atoms with Gasteiger partial charge in [-0.3, -0.25) is 0 Å². The van der Waals surface area contributed by atoms with Gasteiger partial charge in [-0.2, -0.15) is 14.9 Å². The fourth-order valence-corrected chi connectivity index (χ4v) is 3.25. The van der Waals surface area contributed by atoms with Crippen LogP contribution in [0.5, 0.6) is 5.75 Å². The van der Waals surface area contributed by atoms with Crippen LogP contribution in [0.1, 0.15) is 11.1 Å². The van der Waals surface area contributed by atoms with Gasteiger partial charge < -0.3 is 4.74 Å². The number of nitrogens with zero attached hydrogens (tertiary/aromatic N) is 3. The first-order valence-corrected chi connectivity index (χ1v) is 8.93. The Balaban J connectivity index is 1.85. The zero-order valence-corrected chi connectivity index (χ0v) is 15.8. The van der Waals surface area contributed by atoms with Crippen LogP contribution in [0.15, 0.2) is 65.8 Å². The summed E-state index contributed by atoms with van der Waals surface area (Å²) in [5, 5.41) is 14.0. The molecule has 0 unspecified atom stereocenters. The summed E-state index contributed by atoms with van der Waals surface area (Å²) in [7, 11) is 1.66. The quantitative estimate of drug-likeness (QED) is 0.406. The number of aromatic nitrogens is 3. The standard InChI is InChI=1S/C21H18N4OS/c1-14-6-5-8-16(12-14)20-23-24-21(27)25(20)22-13-18-17-9-4-3-7-15(17)10-11-19(18)26-2/h3-13H,1-2H3,(H,24,27)/b22-13+. The van der Waals surface area contributed by atoms with Crippen molar-refractivity contribution in [2.45, 2.75) is 6.92 Å². The lowest BCUT2D eigenvalue weighted by atomic mass is 10.0. The van der Waals surface area contributed by atoms with Crippen molar-refractivity contribution < 1.29 is 4.74 Å². The molecule has 1 aromatic heterocycles. The number of benzene rings is 3. The molecule has 0 saturated heterocycles. The third-order valence-corrected chi connectivity index (χ3v) is 4.64. The van der Waals surface area contributed by atoms with Crippen LogP contribution in [-0.2, 0) is 0 Å². The number of hydrogen-bond donors (Lipinski definition) is 1. The van der Waals surface area contributed by atoms with Crippen LogP contribution in [0.25, 0.3) is 22.2 Å². The molecule has 27 heavy (non-hydrogen) atoms. The van der Waals surface area contributed by atoms with Gasteiger partial charge in [0.1, 0.15) is 5.75 Å². The molecule has 0 radical (unpaired) electrons. The van der Waals surface area contributed by atoms with Gasteiger partial charge in [-0.25, -0.2) is 5.10 Å². The zero-order valence-electron chi connectivity index (χ0n) is 15.0. The molecule has 0 aliphatic heterocycles. The molecule has 0 atom stereocenters. The molecule has 1 N–H and O–H groups in total. The minimum Gasteiger partial charge on any atom is -0.496 e. The van der Waals surface area contributed by atoms with Gasteiger partial charge >= 0.3 is 0 Å². The summed E-state index contributed by atoms with van der Waals surface area (Å²) >= 11 is 5.38. The summed E-state index contributed by atoms with van der Waals surface area (Å²) in [6.45, 7) is 2.04. The first kappa shape index (κ1) is 17.2. The highest BCUT2D eigenvalue weighted by Gasteiger charge is 2.10. The van der Waals surface area contributed by atoms with Crippen molar-refractivity contribution in [1.82, 2.24) is 14.9 Å². The van der Waals surface area contributed by atoms with Crippen molar-refractivity contribution in [2.24, 2.45) is 5.10 Å². The number of methoxy groups -OCH3 is 1. The Labute approximate surface area is 161 Å². The van der Waals surface area contributed by atoms with Gasteiger partial charge in [0.05, 0.1) is 13.3 Å². The Morgan fingerprint density at radius 3 is 2.78 bits per heavy atom. The number of fused-ring (bicyclic) bond motifs is 1. The summed E-state index contributed by atoms with van der Waals surface area (Å²) in [5.41, 5.74) is 2.99. The number of ether oxygens (including phenoxy) is 1. The van der Waals surface area contributed by atoms with Crippen LogP contribution in [0.2, 0.25) is 0 Å². The van der Waals surface area contributed by atoms with E-state index in [0.29, 0.717) is 10.6 Å². The monoisotopic (exact) mass is 374 g/mol. The van der Waals surface area contributed by atoms with Crippen molar-refractivity contribution in [1.29, 1.82) is 0 Å². The molecule has 6 heteroatoms. The summed E-state index contributed by atoms with van der Waals surface area (Å²) in [5.74, 6) is 1.42. The second-order valence-corrected chi connectivity index (χ2v) is 6.57. The minimum atomic E-state index is 0.432. The first-order chi connectivity index (χ1) is 13.2. The Morgan fingerprint density at radius 1 is 1.11 bits per heavy atom. The van der Waals surface area contributed by atoms with Gasteiger partial charge in [0, 0.05) is 11.1 Å². The maximum atomic E-state index is 5.53. The molecular weight excluding hydrogens is 356 g/mol. The maximum Gasteiger partial charge on any atom is 0.216 e. The van der Waals surface area contributed by atoms with E-state index in [0.717, 1.165) is 33.2 Å². The molecule has 0 spiro atoms. The van der Waals surface area contributed by atoms with E-state index >= 15 is 0 Å². The molecule has 4 rings (SSSR count). The molecular formula is C21H18N4OS. The van der Waals surface area contributed by atoms with E-state index in [2.05, 4.69) is 33.5 Å². The van der Waals surface area contributed by atoms with Gasteiger partial charge in [-0.05, 0) is 42.0 Å². The van der Waals surface area contributed by atoms with E-state index in [9.17, 15) is 0 Å². The third-order valence-electron chi connectivity index (χ3n) is 4.38. The molecule has 134 valence electrons. The summed E-state index contributed by atoms with van der Waals surface area (Å²) in [6, 6.07) is 20.2. The Morgan fingerprint density at radius 2 is 1.96 bits per heavy atom. The Bertz CT molecular complexity index is 1210. The lowest BCUT2D eigenvalue weighted by Crippen LogP contribution is -1.97. The van der Waals surface area contributed by atoms with E-state index in [1.54, 1.807) is 18.0 Å². The minimum absolute atomic E-state index is 0.432. The van der Waals surface area contributed by atoms with Crippen LogP contribution in [0.4, 0.5) is 0 Å². The van der Waals surface area contributed by atoms with E-state index in [4.69, 9.17) is 17.0 Å². The number of H-pyrrole nitrogens is 1. The van der Waals surface area contributed by atoms with E-state index < -0.39 is 0 Å². The molecule has 0 saturated carbocycles. The van der Waals surface area contributed by atoms with Gasteiger partial charge in [0.15, 0.2) is 5.82 Å². The predicted octanol–water partition coefficient (Wildman–Crippen LogP) is 4.96. The average molecular weight is 374 g/mol. The van der Waals surface area contributed by atoms with Crippen molar-refractivity contribution in [2.75, 3.05) is 7.11 Å². The van der Waals surface area contributed by atoms with Gasteiger partial charge in [0.2, 0.25) is 4.77 Å². The Hall–Kier alpha value is -3.25. The molecule has 1 heterocycles. The molecule has 0 aliphatic carbocycles. The summed E-state index contributed by atoms with van der Waals surface area (Å²) in [6.07, 6.45) is 1.77. The summed E-state index contributed by atoms with van der Waals surface area (Å²) in [4.78, 5) is 0. The maximum absolute atomic E-state index is 5.53. The van der Waals surface area contributed by atoms with Crippen LogP contribution in [0.3, 0.4) is 0 Å². The van der Waals surface area contributed by atoms with Gasteiger partial charge in [-0.15, -0.1) is 0 Å². The fraction of sp³-hybridized carbons (Fsp3) is 0.0952. The van der Waals surface area contributed by atoms with E-state index in [1.807, 2.05) is 49.4 Å². The highest BCUT2D eigenvalue weighted by atomic mass is 32.1. The predicted molar refractivity (Wildman–Crippen MR) is 111 cm³/mol. The topological polar surface area (TPSA) is 55.2 Å². The number of aryl methyl sites for hydroxylation is 1. The molecule has 0 amide bonds. The molecule has 5 nitrogen and oxygen atoms in total. The number of hydrogen-bond acceptors (Lipinski definition) is 4. The largest absolute Gasteiger partial charge is 0.496 e. The molecule has 0 aliphatic rings. The van der Waals surface area contributed by atoms with Crippen molar-refractivity contribution >= 4 is 29.2 Å². The van der Waals surface area contributed by atoms with Crippen LogP contribution in [0, 0.1) is 11.7 Å². The van der Waals surface area contributed by atoms with Gasteiger partial charge in [-0.1, -0.05) is 54.1 Å². The highest BCUT2D eigenvalue weighted by molar-refractivity contribution is 7.71. The second kappa shape index (κ2) is 7.17. The SMILES string of the molecule is COc1ccc2ccccc2c1/C=N/n1c(-c2cccc(C)c2)n[nH]c1=S. The van der Waals surface area contributed by atoms with Crippen LogP contribution >= 0.6 is 12.2 Å². The van der Waals surface area contributed by atoms with Gasteiger partial charge in [0.25, 0.3) is 0 Å². The highest BCUT2D eigenvalue weighted by Crippen LogP contribution is 2.27. The first-order valence-electron chi connectivity index (χ1n) is 8.52. The lowest BCUT2D eigenvalue weighted by Gasteiger charge is -2.08. The molecule has 0 bridgehead atoms. The second-order valence-electron chi connectivity index (χ2n) is 6.18. The smallest absolute Gasteiger partial charge is 0.216 e.